The van der Waals surface area contributed by atoms with E-state index in [1.165, 1.54) is 6.21 Å². The number of benzene rings is 2. The molecule has 0 aliphatic rings. The van der Waals surface area contributed by atoms with E-state index < -0.39 is 12.1 Å². The number of hydrogen-bond acceptors (Lipinski definition) is 6. The van der Waals surface area contributed by atoms with Gasteiger partial charge in [0.05, 0.1) is 17.2 Å². The predicted octanol–water partition coefficient (Wildman–Crippen LogP) is 3.10. The van der Waals surface area contributed by atoms with Gasteiger partial charge in [0.2, 0.25) is 0 Å². The van der Waals surface area contributed by atoms with Crippen LogP contribution in [0, 0.1) is 0 Å². The van der Waals surface area contributed by atoms with Gasteiger partial charge in [-0.15, -0.1) is 0 Å². The molecule has 29 heavy (non-hydrogen) atoms. The molecule has 0 bridgehead atoms. The van der Waals surface area contributed by atoms with Gasteiger partial charge in [-0.25, -0.2) is 4.79 Å². The number of carbonyl (C=O) groups excluding carboxylic acids is 1. The SMILES string of the molecule is CC(C)NCC(O)COc1cccc2[nH]cc(C=NOC(=O)c3ccccc3)c12. The Morgan fingerprint density at radius 2 is 2.00 bits per heavy atom. The van der Waals surface area contributed by atoms with Crippen molar-refractivity contribution in [2.24, 2.45) is 5.16 Å². The zero-order valence-corrected chi connectivity index (χ0v) is 16.5. The molecule has 3 rings (SSSR count). The van der Waals surface area contributed by atoms with E-state index >= 15 is 0 Å². The Morgan fingerprint density at radius 1 is 1.21 bits per heavy atom. The highest BCUT2D eigenvalue weighted by molar-refractivity contribution is 6.02. The minimum atomic E-state index is -0.629. The van der Waals surface area contributed by atoms with Gasteiger partial charge in [0, 0.05) is 29.9 Å². The summed E-state index contributed by atoms with van der Waals surface area (Å²) in [6.07, 6.45) is 2.59. The van der Waals surface area contributed by atoms with E-state index in [2.05, 4.69) is 15.5 Å². The zero-order valence-electron chi connectivity index (χ0n) is 16.5. The van der Waals surface area contributed by atoms with Crippen LogP contribution in [0.15, 0.2) is 59.9 Å². The number of oxime groups is 1. The lowest BCUT2D eigenvalue weighted by Crippen LogP contribution is -2.35. The van der Waals surface area contributed by atoms with Crippen LogP contribution in [0.2, 0.25) is 0 Å². The van der Waals surface area contributed by atoms with Crippen molar-refractivity contribution in [1.82, 2.24) is 10.3 Å². The van der Waals surface area contributed by atoms with Crippen molar-refractivity contribution in [2.75, 3.05) is 13.2 Å². The lowest BCUT2D eigenvalue weighted by atomic mass is 10.1. The van der Waals surface area contributed by atoms with Gasteiger partial charge in [-0.1, -0.05) is 43.3 Å². The fraction of sp³-hybridized carbons (Fsp3) is 0.273. The monoisotopic (exact) mass is 395 g/mol. The Hall–Kier alpha value is -3.16. The molecule has 0 aliphatic carbocycles. The molecule has 3 aromatic rings. The summed E-state index contributed by atoms with van der Waals surface area (Å²) in [6, 6.07) is 14.6. The summed E-state index contributed by atoms with van der Waals surface area (Å²) in [6.45, 7) is 4.64. The Kier molecular flexibility index (Phi) is 6.99. The van der Waals surface area contributed by atoms with Crippen LogP contribution in [0.25, 0.3) is 10.9 Å². The number of carbonyl (C=O) groups is 1. The highest BCUT2D eigenvalue weighted by Gasteiger charge is 2.12. The van der Waals surface area contributed by atoms with Gasteiger partial charge < -0.3 is 25.0 Å². The van der Waals surface area contributed by atoms with Gasteiger partial charge in [0.25, 0.3) is 0 Å². The second-order valence-electron chi connectivity index (χ2n) is 6.93. The number of aliphatic hydroxyl groups excluding tert-OH is 1. The number of nitrogens with zero attached hydrogens (tertiary/aromatic N) is 1. The first-order valence-electron chi connectivity index (χ1n) is 9.48. The van der Waals surface area contributed by atoms with Crippen molar-refractivity contribution >= 4 is 23.1 Å². The first-order valence-corrected chi connectivity index (χ1v) is 9.48. The van der Waals surface area contributed by atoms with Crippen molar-refractivity contribution in [3.8, 4) is 5.75 Å². The maximum atomic E-state index is 12.0. The van der Waals surface area contributed by atoms with Gasteiger partial charge in [0.15, 0.2) is 0 Å². The lowest BCUT2D eigenvalue weighted by Gasteiger charge is -2.15. The molecule has 1 atom stereocenters. The molecule has 0 radical (unpaired) electrons. The van der Waals surface area contributed by atoms with Crippen molar-refractivity contribution in [1.29, 1.82) is 0 Å². The largest absolute Gasteiger partial charge is 0.490 e. The molecule has 7 nitrogen and oxygen atoms in total. The van der Waals surface area contributed by atoms with Crippen molar-refractivity contribution in [2.45, 2.75) is 26.0 Å². The summed E-state index contributed by atoms with van der Waals surface area (Å²) in [4.78, 5) is 20.1. The third-order valence-corrected chi connectivity index (χ3v) is 4.23. The third kappa shape index (κ3) is 5.66. The molecule has 7 heteroatoms. The van der Waals surface area contributed by atoms with E-state index in [4.69, 9.17) is 9.57 Å². The zero-order chi connectivity index (χ0) is 20.6. The summed E-state index contributed by atoms with van der Waals surface area (Å²) in [5.74, 6) is 0.0853. The second-order valence-corrected chi connectivity index (χ2v) is 6.93. The second kappa shape index (κ2) is 9.86. The standard InChI is InChI=1S/C22H25N3O4/c1-15(2)23-13-18(26)14-28-20-10-6-9-19-21(20)17(11-24-19)12-25-29-22(27)16-7-4-3-5-8-16/h3-12,15,18,23-24,26H,13-14H2,1-2H3. The fourth-order valence-corrected chi connectivity index (χ4v) is 2.77. The summed E-state index contributed by atoms with van der Waals surface area (Å²) in [5, 5.41) is 17.9. The Morgan fingerprint density at radius 3 is 2.76 bits per heavy atom. The number of aliphatic hydroxyl groups is 1. The molecular weight excluding hydrogens is 370 g/mol. The summed E-state index contributed by atoms with van der Waals surface area (Å²) >= 11 is 0. The fourth-order valence-electron chi connectivity index (χ4n) is 2.77. The molecule has 1 heterocycles. The van der Waals surface area contributed by atoms with E-state index in [-0.39, 0.29) is 6.61 Å². The van der Waals surface area contributed by atoms with Crippen molar-refractivity contribution in [3.63, 3.8) is 0 Å². The van der Waals surface area contributed by atoms with Crippen LogP contribution < -0.4 is 10.1 Å². The summed E-state index contributed by atoms with van der Waals surface area (Å²) in [7, 11) is 0. The van der Waals surface area contributed by atoms with Gasteiger partial charge in [-0.3, -0.25) is 0 Å². The Labute approximate surface area is 169 Å². The van der Waals surface area contributed by atoms with Crippen LogP contribution in [-0.2, 0) is 4.84 Å². The van der Waals surface area contributed by atoms with E-state index in [0.29, 0.717) is 29.5 Å². The normalized spacial score (nSPS) is 12.6. The van der Waals surface area contributed by atoms with E-state index in [1.807, 2.05) is 38.1 Å². The van der Waals surface area contributed by atoms with E-state index in [1.54, 1.807) is 30.5 Å². The topological polar surface area (TPSA) is 95.9 Å². The van der Waals surface area contributed by atoms with E-state index in [0.717, 1.165) is 10.9 Å². The molecule has 1 aromatic heterocycles. The first-order chi connectivity index (χ1) is 14.0. The van der Waals surface area contributed by atoms with E-state index in [9.17, 15) is 9.90 Å². The molecule has 0 aliphatic heterocycles. The molecule has 0 saturated heterocycles. The molecule has 0 saturated carbocycles. The average Bonchev–Trinajstić information content (AvgIpc) is 3.15. The lowest BCUT2D eigenvalue weighted by molar-refractivity contribution is 0.0519. The maximum absolute atomic E-state index is 12.0. The highest BCUT2D eigenvalue weighted by atomic mass is 16.7. The maximum Gasteiger partial charge on any atom is 0.365 e. The number of hydrogen-bond donors (Lipinski definition) is 3. The summed E-state index contributed by atoms with van der Waals surface area (Å²) in [5.41, 5.74) is 2.00. The average molecular weight is 395 g/mol. The number of rotatable bonds is 9. The van der Waals surface area contributed by atoms with Gasteiger partial charge in [-0.05, 0) is 24.3 Å². The quantitative estimate of drug-likeness (QED) is 0.294. The Bertz CT molecular complexity index is 967. The molecule has 152 valence electrons. The molecule has 3 N–H and O–H groups in total. The number of aromatic amines is 1. The third-order valence-electron chi connectivity index (χ3n) is 4.23. The van der Waals surface area contributed by atoms with Crippen LogP contribution >= 0.6 is 0 Å². The molecule has 0 amide bonds. The molecule has 0 spiro atoms. The van der Waals surface area contributed by atoms with Crippen LogP contribution in [-0.4, -0.2) is 47.6 Å². The van der Waals surface area contributed by atoms with Crippen LogP contribution in [0.5, 0.6) is 5.75 Å². The van der Waals surface area contributed by atoms with Crippen LogP contribution in [0.4, 0.5) is 0 Å². The first kappa shape index (κ1) is 20.6. The molecule has 0 fully saturated rings. The molecule has 2 aromatic carbocycles. The van der Waals surface area contributed by atoms with Gasteiger partial charge in [0.1, 0.15) is 18.5 Å². The van der Waals surface area contributed by atoms with Crippen molar-refractivity contribution in [3.05, 3.63) is 65.9 Å². The van der Waals surface area contributed by atoms with Gasteiger partial charge >= 0.3 is 5.97 Å². The number of ether oxygens (including phenoxy) is 1. The number of nitrogens with one attached hydrogen (secondary N) is 2. The molecular formula is C22H25N3O4. The predicted molar refractivity (Wildman–Crippen MR) is 112 cm³/mol. The highest BCUT2D eigenvalue weighted by Crippen LogP contribution is 2.28. The number of aromatic nitrogens is 1. The van der Waals surface area contributed by atoms with Crippen LogP contribution in [0.3, 0.4) is 0 Å². The Balaban J connectivity index is 1.68. The number of fused-ring (bicyclic) bond motifs is 1. The smallest absolute Gasteiger partial charge is 0.365 e. The number of H-pyrrole nitrogens is 1. The summed E-state index contributed by atoms with van der Waals surface area (Å²) < 4.78 is 5.83. The van der Waals surface area contributed by atoms with Crippen molar-refractivity contribution < 1.29 is 19.5 Å². The minimum absolute atomic E-state index is 0.156. The van der Waals surface area contributed by atoms with Crippen LogP contribution in [0.1, 0.15) is 29.8 Å². The molecule has 1 unspecified atom stereocenters. The van der Waals surface area contributed by atoms with Gasteiger partial charge in [-0.2, -0.15) is 0 Å². The minimum Gasteiger partial charge on any atom is -0.490 e.